The molecule has 8 aromatic carbocycles. The van der Waals surface area contributed by atoms with Crippen LogP contribution in [0.2, 0.25) is 0 Å². The van der Waals surface area contributed by atoms with E-state index in [2.05, 4.69) is 52.1 Å². The fraction of sp³-hybridized carbons (Fsp3) is 0.133. The summed E-state index contributed by atoms with van der Waals surface area (Å²) in [6.45, 7) is 5.81. The summed E-state index contributed by atoms with van der Waals surface area (Å²) in [6, 6.07) is 61.8. The molecular formula is C60H50BrF3N4O4. The minimum absolute atomic E-state index is 0.0581. The van der Waals surface area contributed by atoms with Gasteiger partial charge in [-0.1, -0.05) is 179 Å². The van der Waals surface area contributed by atoms with Crippen LogP contribution in [0.1, 0.15) is 68.2 Å². The zero-order valence-corrected chi connectivity index (χ0v) is 41.3. The summed E-state index contributed by atoms with van der Waals surface area (Å²) in [4.78, 5) is 36.5. The second kappa shape index (κ2) is 22.8. The van der Waals surface area contributed by atoms with E-state index < -0.39 is 11.7 Å². The Hall–Kier alpha value is -8.09. The molecular weight excluding hydrogens is 978 g/mol. The predicted molar refractivity (Wildman–Crippen MR) is 283 cm³/mol. The zero-order chi connectivity index (χ0) is 50.8. The largest absolute Gasteiger partial charge is 0.508 e. The third-order valence-corrected chi connectivity index (χ3v) is 12.7. The maximum absolute atomic E-state index is 13.9. The van der Waals surface area contributed by atoms with Gasteiger partial charge in [-0.25, -0.2) is 9.97 Å². The van der Waals surface area contributed by atoms with Crippen LogP contribution in [0.15, 0.2) is 216 Å². The van der Waals surface area contributed by atoms with Crippen LogP contribution in [-0.2, 0) is 18.1 Å². The number of ether oxygens (including phenoxy) is 1. The fourth-order valence-corrected chi connectivity index (χ4v) is 8.81. The molecule has 0 radical (unpaired) electrons. The molecule has 0 fully saturated rings. The van der Waals surface area contributed by atoms with E-state index in [4.69, 9.17) is 9.72 Å². The Morgan fingerprint density at radius 3 is 1.35 bits per heavy atom. The number of aromatic nitrogens is 4. The van der Waals surface area contributed by atoms with Crippen LogP contribution in [0.4, 0.5) is 13.2 Å². The molecule has 0 atom stereocenters. The number of fused-ring (bicyclic) bond motifs is 2. The van der Waals surface area contributed by atoms with Crippen molar-refractivity contribution < 1.29 is 23.0 Å². The van der Waals surface area contributed by atoms with Crippen LogP contribution in [0.3, 0.4) is 0 Å². The van der Waals surface area contributed by atoms with Crippen molar-refractivity contribution in [3.05, 3.63) is 283 Å². The van der Waals surface area contributed by atoms with Crippen molar-refractivity contribution in [1.29, 1.82) is 0 Å². The molecule has 0 aliphatic heterocycles. The lowest BCUT2D eigenvalue weighted by Crippen LogP contribution is -2.29. The fourth-order valence-electron chi connectivity index (χ4n) is 8.44. The normalized spacial score (nSPS) is 11.2. The van der Waals surface area contributed by atoms with Gasteiger partial charge in [0.25, 0.3) is 11.1 Å². The van der Waals surface area contributed by atoms with Crippen molar-refractivity contribution in [3.8, 4) is 11.5 Å². The van der Waals surface area contributed by atoms with E-state index in [-0.39, 0.29) is 35.6 Å². The standard InChI is InChI=1S/C30H23F3N2O2.C22H18N2O2.C8H9Br/c1-20-34-27-17-16-25(37-19-21-12-14-24(15-13-21)30(31,32)33)18-26(27)29(36)35(20)28(22-8-4-2-5-9-22)23-10-6-3-7-11-23;1-15-23-20-13-12-18(25)14-19(20)22(26)24(15)21(16-8-4-2-5-9-16)17-10-6-3-7-11-17;1-7-2-4-8(6-9)5-3-7/h2-18,28H,19H2,1H3;2-14,21,25H,1H3;2-5H,6H2,1H3. The van der Waals surface area contributed by atoms with Crippen LogP contribution in [-0.4, -0.2) is 24.2 Å². The first-order chi connectivity index (χ1) is 34.8. The number of halogens is 4. The van der Waals surface area contributed by atoms with E-state index in [1.807, 2.05) is 135 Å². The summed E-state index contributed by atoms with van der Waals surface area (Å²) in [5.41, 5.74) is 7.19. The van der Waals surface area contributed by atoms with Crippen LogP contribution >= 0.6 is 15.9 Å². The number of alkyl halides is 4. The van der Waals surface area contributed by atoms with Gasteiger partial charge in [0.05, 0.1) is 39.5 Å². The predicted octanol–water partition coefficient (Wildman–Crippen LogP) is 13.9. The Kier molecular flexibility index (Phi) is 15.9. The van der Waals surface area contributed by atoms with Gasteiger partial charge in [-0.2, -0.15) is 13.2 Å². The third-order valence-electron chi connectivity index (χ3n) is 12.0. The lowest BCUT2D eigenvalue weighted by molar-refractivity contribution is -0.137. The Morgan fingerprint density at radius 2 is 0.931 bits per heavy atom. The third kappa shape index (κ3) is 11.9. The zero-order valence-electron chi connectivity index (χ0n) is 39.7. The maximum Gasteiger partial charge on any atom is 0.416 e. The number of hydrogen-bond donors (Lipinski definition) is 1. The molecule has 2 aromatic heterocycles. The highest BCUT2D eigenvalue weighted by Gasteiger charge is 2.30. The average Bonchev–Trinajstić information content (AvgIpc) is 3.40. The van der Waals surface area contributed by atoms with Gasteiger partial charge in [0.15, 0.2) is 0 Å². The van der Waals surface area contributed by atoms with Crippen molar-refractivity contribution in [3.63, 3.8) is 0 Å². The van der Waals surface area contributed by atoms with Gasteiger partial charge in [-0.15, -0.1) is 0 Å². The van der Waals surface area contributed by atoms with Crippen molar-refractivity contribution in [2.24, 2.45) is 0 Å². The molecule has 12 heteroatoms. The highest BCUT2D eigenvalue weighted by atomic mass is 79.9. The van der Waals surface area contributed by atoms with Crippen LogP contribution < -0.4 is 15.9 Å². The Labute approximate surface area is 423 Å². The molecule has 362 valence electrons. The summed E-state index contributed by atoms with van der Waals surface area (Å²) >= 11 is 3.38. The molecule has 0 amide bonds. The lowest BCUT2D eigenvalue weighted by atomic mass is 9.98. The average molecular weight is 1030 g/mol. The quantitative estimate of drug-likeness (QED) is 0.137. The van der Waals surface area contributed by atoms with Crippen LogP contribution in [0.5, 0.6) is 11.5 Å². The Bertz CT molecular complexity index is 3440. The van der Waals surface area contributed by atoms with Gasteiger partial charge in [0, 0.05) is 5.33 Å². The summed E-state index contributed by atoms with van der Waals surface area (Å²) < 4.78 is 47.7. The highest BCUT2D eigenvalue weighted by molar-refractivity contribution is 9.08. The SMILES string of the molecule is Cc1ccc(CBr)cc1.Cc1nc2ccc(O)cc2c(=O)n1C(c1ccccc1)c1ccccc1.Cc1nc2ccc(OCc3ccc(C(F)(F)F)cc3)cc2c(=O)n1C(c1ccccc1)c1ccccc1. The molecule has 0 bridgehead atoms. The smallest absolute Gasteiger partial charge is 0.416 e. The molecule has 0 spiro atoms. The van der Waals surface area contributed by atoms with Gasteiger partial charge < -0.3 is 9.84 Å². The second-order valence-corrected chi connectivity index (χ2v) is 17.7. The van der Waals surface area contributed by atoms with E-state index in [1.54, 1.807) is 39.5 Å². The highest BCUT2D eigenvalue weighted by Crippen LogP contribution is 2.31. The van der Waals surface area contributed by atoms with E-state index in [1.165, 1.54) is 29.3 Å². The first kappa shape index (κ1) is 50.3. The van der Waals surface area contributed by atoms with E-state index in [9.17, 15) is 27.9 Å². The van der Waals surface area contributed by atoms with Gasteiger partial charge >= 0.3 is 6.18 Å². The Balaban J connectivity index is 0.000000171. The minimum atomic E-state index is -4.39. The van der Waals surface area contributed by atoms with Crippen molar-refractivity contribution in [2.75, 3.05) is 0 Å². The number of phenols is 1. The molecule has 72 heavy (non-hydrogen) atoms. The van der Waals surface area contributed by atoms with E-state index in [0.29, 0.717) is 44.8 Å². The molecule has 0 aliphatic carbocycles. The number of nitrogens with zero attached hydrogens (tertiary/aromatic N) is 4. The second-order valence-electron chi connectivity index (χ2n) is 17.1. The summed E-state index contributed by atoms with van der Waals surface area (Å²) in [6.07, 6.45) is -4.39. The van der Waals surface area contributed by atoms with Gasteiger partial charge in [0.1, 0.15) is 29.8 Å². The minimum Gasteiger partial charge on any atom is -0.508 e. The van der Waals surface area contributed by atoms with Crippen LogP contribution in [0.25, 0.3) is 21.8 Å². The molecule has 0 saturated carbocycles. The number of phenolic OH excluding ortho intramolecular Hbond substituents is 1. The summed E-state index contributed by atoms with van der Waals surface area (Å²) in [5.74, 6) is 1.69. The number of benzene rings is 8. The number of rotatable bonds is 10. The molecule has 0 saturated heterocycles. The monoisotopic (exact) mass is 1030 g/mol. The lowest BCUT2D eigenvalue weighted by Gasteiger charge is -2.23. The molecule has 1 N–H and O–H groups in total. The molecule has 2 heterocycles. The molecule has 8 nitrogen and oxygen atoms in total. The molecule has 10 rings (SSSR count). The van der Waals surface area contributed by atoms with E-state index in [0.717, 1.165) is 39.7 Å². The van der Waals surface area contributed by atoms with E-state index >= 15 is 0 Å². The number of hydrogen-bond acceptors (Lipinski definition) is 6. The van der Waals surface area contributed by atoms with Crippen molar-refractivity contribution in [2.45, 2.75) is 51.0 Å². The first-order valence-corrected chi connectivity index (χ1v) is 24.3. The summed E-state index contributed by atoms with van der Waals surface area (Å²) in [5, 5.41) is 11.6. The number of aryl methyl sites for hydroxylation is 3. The van der Waals surface area contributed by atoms with Crippen molar-refractivity contribution >= 4 is 37.7 Å². The Morgan fingerprint density at radius 1 is 0.528 bits per heavy atom. The number of aromatic hydroxyl groups is 1. The topological polar surface area (TPSA) is 99.2 Å². The molecule has 0 unspecified atom stereocenters. The molecule has 10 aromatic rings. The summed E-state index contributed by atoms with van der Waals surface area (Å²) in [7, 11) is 0. The van der Waals surface area contributed by atoms with Gasteiger partial charge in [-0.3, -0.25) is 18.7 Å². The maximum atomic E-state index is 13.9. The van der Waals surface area contributed by atoms with Gasteiger partial charge in [0.2, 0.25) is 0 Å². The van der Waals surface area contributed by atoms with Crippen LogP contribution in [0, 0.1) is 20.8 Å². The van der Waals surface area contributed by atoms with Crippen molar-refractivity contribution in [1.82, 2.24) is 19.1 Å². The molecule has 0 aliphatic rings. The first-order valence-electron chi connectivity index (χ1n) is 23.1. The van der Waals surface area contributed by atoms with Gasteiger partial charge in [-0.05, 0) is 103 Å².